The number of nitrogens with zero attached hydrogens (tertiary/aromatic N) is 2. The molecule has 0 saturated carbocycles. The van der Waals surface area contributed by atoms with Crippen LogP contribution in [0.25, 0.3) is 0 Å². The molecule has 3 N–H and O–H groups in total. The molecular weight excluding hydrogens is 264 g/mol. The number of benzene rings is 1. The highest BCUT2D eigenvalue weighted by molar-refractivity contribution is 6.05. The highest BCUT2D eigenvalue weighted by Gasteiger charge is 2.13. The lowest BCUT2D eigenvalue weighted by molar-refractivity contribution is 0.102. The molecule has 5 nitrogen and oxygen atoms in total. The van der Waals surface area contributed by atoms with Crippen molar-refractivity contribution in [1.29, 1.82) is 0 Å². The fraction of sp³-hybridized carbons (Fsp3) is 0.250. The predicted octanol–water partition coefficient (Wildman–Crippen LogP) is 1.60. The number of hydrogen-bond acceptors (Lipinski definition) is 3. The Morgan fingerprint density at radius 1 is 1.38 bits per heavy atom. The van der Waals surface area contributed by atoms with Crippen LogP contribution in [0, 0.1) is 25.7 Å². The van der Waals surface area contributed by atoms with Gasteiger partial charge in [0, 0.05) is 18.7 Å². The van der Waals surface area contributed by atoms with Gasteiger partial charge in [0.25, 0.3) is 5.91 Å². The van der Waals surface area contributed by atoms with Crippen molar-refractivity contribution >= 4 is 11.7 Å². The first kappa shape index (κ1) is 14.8. The Bertz CT molecular complexity index is 734. The molecule has 108 valence electrons. The summed E-state index contributed by atoms with van der Waals surface area (Å²) in [5.41, 5.74) is 8.50. The van der Waals surface area contributed by atoms with Gasteiger partial charge in [-0.3, -0.25) is 9.48 Å². The molecule has 0 spiro atoms. The molecular formula is C16H18N4O. The average molecular weight is 282 g/mol. The van der Waals surface area contributed by atoms with Gasteiger partial charge in [-0.1, -0.05) is 17.9 Å². The van der Waals surface area contributed by atoms with Gasteiger partial charge in [-0.15, -0.1) is 0 Å². The Balaban J connectivity index is 2.32. The number of nitrogens with two attached hydrogens (primary N) is 1. The van der Waals surface area contributed by atoms with Crippen LogP contribution in [0.4, 0.5) is 5.82 Å². The summed E-state index contributed by atoms with van der Waals surface area (Å²) in [6.45, 7) is 4.09. The van der Waals surface area contributed by atoms with Gasteiger partial charge in [0.15, 0.2) is 0 Å². The highest BCUT2D eigenvalue weighted by atomic mass is 16.1. The molecule has 1 aromatic heterocycles. The number of hydrogen-bond donors (Lipinski definition) is 2. The number of aryl methyl sites for hydroxylation is 3. The number of anilines is 1. The molecule has 0 aliphatic heterocycles. The summed E-state index contributed by atoms with van der Waals surface area (Å²) in [4.78, 5) is 12.4. The zero-order valence-electron chi connectivity index (χ0n) is 12.4. The zero-order valence-corrected chi connectivity index (χ0v) is 12.4. The van der Waals surface area contributed by atoms with Crippen molar-refractivity contribution in [2.75, 3.05) is 11.9 Å². The van der Waals surface area contributed by atoms with Crippen LogP contribution in [0.2, 0.25) is 0 Å². The molecule has 1 heterocycles. The largest absolute Gasteiger partial charge is 0.320 e. The fourth-order valence-corrected chi connectivity index (χ4v) is 2.02. The van der Waals surface area contributed by atoms with Gasteiger partial charge in [0.05, 0.1) is 17.8 Å². The van der Waals surface area contributed by atoms with Crippen LogP contribution in [-0.2, 0) is 7.05 Å². The molecule has 0 unspecified atom stereocenters. The Morgan fingerprint density at radius 2 is 2.14 bits per heavy atom. The van der Waals surface area contributed by atoms with Crippen LogP contribution in [-0.4, -0.2) is 22.2 Å². The summed E-state index contributed by atoms with van der Waals surface area (Å²) in [6, 6.07) is 7.36. The maximum atomic E-state index is 12.4. The Labute approximate surface area is 124 Å². The first-order valence-corrected chi connectivity index (χ1v) is 6.63. The standard InChI is InChI=1S/C16H18N4O/c1-11-6-7-14(13(9-11)5-4-8-17)16(21)18-15-10-12(2)19-20(15)3/h6-7,9-10H,8,17H2,1-3H3,(H,18,21). The number of amides is 1. The fourth-order valence-electron chi connectivity index (χ4n) is 2.02. The second kappa shape index (κ2) is 6.25. The van der Waals surface area contributed by atoms with Crippen molar-refractivity contribution in [1.82, 2.24) is 9.78 Å². The second-order valence-corrected chi connectivity index (χ2v) is 4.80. The minimum absolute atomic E-state index is 0.209. The van der Waals surface area contributed by atoms with Crippen molar-refractivity contribution < 1.29 is 4.79 Å². The number of rotatable bonds is 2. The monoisotopic (exact) mass is 282 g/mol. The summed E-state index contributed by atoms with van der Waals surface area (Å²) < 4.78 is 1.63. The molecule has 1 aromatic carbocycles. The SMILES string of the molecule is Cc1ccc(C(=O)Nc2cc(C)nn2C)c(C#CCN)c1. The second-order valence-electron chi connectivity index (χ2n) is 4.80. The minimum atomic E-state index is -0.209. The Hall–Kier alpha value is -2.58. The third kappa shape index (κ3) is 3.50. The van der Waals surface area contributed by atoms with Crippen LogP contribution in [0.3, 0.4) is 0 Å². The van der Waals surface area contributed by atoms with E-state index in [9.17, 15) is 4.79 Å². The summed E-state index contributed by atoms with van der Waals surface area (Å²) in [5, 5.41) is 7.05. The Kier molecular flexibility index (Phi) is 4.41. The molecule has 0 bridgehead atoms. The van der Waals surface area contributed by atoms with Gasteiger partial charge in [-0.2, -0.15) is 5.10 Å². The van der Waals surface area contributed by atoms with Crippen LogP contribution in [0.5, 0.6) is 0 Å². The molecule has 1 amide bonds. The van der Waals surface area contributed by atoms with Crippen molar-refractivity contribution in [2.24, 2.45) is 12.8 Å². The average Bonchev–Trinajstić information content (AvgIpc) is 2.74. The maximum Gasteiger partial charge on any atom is 0.258 e. The molecule has 0 atom stereocenters. The maximum absolute atomic E-state index is 12.4. The topological polar surface area (TPSA) is 72.9 Å². The van der Waals surface area contributed by atoms with E-state index in [1.165, 1.54) is 0 Å². The van der Waals surface area contributed by atoms with E-state index in [0.717, 1.165) is 11.3 Å². The Morgan fingerprint density at radius 3 is 2.76 bits per heavy atom. The van der Waals surface area contributed by atoms with Gasteiger partial charge < -0.3 is 11.1 Å². The van der Waals surface area contributed by atoms with E-state index in [0.29, 0.717) is 16.9 Å². The molecule has 21 heavy (non-hydrogen) atoms. The molecule has 2 rings (SSSR count). The van der Waals surface area contributed by atoms with E-state index >= 15 is 0 Å². The van der Waals surface area contributed by atoms with Gasteiger partial charge in [-0.05, 0) is 31.5 Å². The van der Waals surface area contributed by atoms with E-state index in [-0.39, 0.29) is 12.5 Å². The van der Waals surface area contributed by atoms with Crippen molar-refractivity contribution in [3.05, 3.63) is 46.6 Å². The molecule has 0 aliphatic carbocycles. The molecule has 0 radical (unpaired) electrons. The van der Waals surface area contributed by atoms with Gasteiger partial charge in [0.2, 0.25) is 0 Å². The number of aromatic nitrogens is 2. The smallest absolute Gasteiger partial charge is 0.258 e. The molecule has 5 heteroatoms. The van der Waals surface area contributed by atoms with Crippen molar-refractivity contribution in [3.63, 3.8) is 0 Å². The zero-order chi connectivity index (χ0) is 15.4. The van der Waals surface area contributed by atoms with Gasteiger partial charge in [-0.25, -0.2) is 0 Å². The summed E-state index contributed by atoms with van der Waals surface area (Å²) in [7, 11) is 1.78. The quantitative estimate of drug-likeness (QED) is 0.822. The van der Waals surface area contributed by atoms with E-state index in [1.807, 2.05) is 32.0 Å². The summed E-state index contributed by atoms with van der Waals surface area (Å²) >= 11 is 0. The van der Waals surface area contributed by atoms with E-state index in [1.54, 1.807) is 17.8 Å². The molecule has 0 aliphatic rings. The molecule has 0 saturated heterocycles. The van der Waals surface area contributed by atoms with Crippen molar-refractivity contribution in [3.8, 4) is 11.8 Å². The van der Waals surface area contributed by atoms with Gasteiger partial charge in [0.1, 0.15) is 5.82 Å². The lowest BCUT2D eigenvalue weighted by atomic mass is 10.0. The lowest BCUT2D eigenvalue weighted by Crippen LogP contribution is -2.16. The first-order chi connectivity index (χ1) is 10.0. The predicted molar refractivity (Wildman–Crippen MR) is 83.0 cm³/mol. The summed E-state index contributed by atoms with van der Waals surface area (Å²) in [5.74, 6) is 6.17. The molecule has 0 fully saturated rings. The van der Waals surface area contributed by atoms with Crippen LogP contribution in [0.1, 0.15) is 27.2 Å². The van der Waals surface area contributed by atoms with Crippen LogP contribution in [0.15, 0.2) is 24.3 Å². The third-order valence-corrected chi connectivity index (χ3v) is 2.99. The first-order valence-electron chi connectivity index (χ1n) is 6.63. The van der Waals surface area contributed by atoms with Crippen LogP contribution >= 0.6 is 0 Å². The molecule has 2 aromatic rings. The number of nitrogens with one attached hydrogen (secondary N) is 1. The third-order valence-electron chi connectivity index (χ3n) is 2.99. The van der Waals surface area contributed by atoms with E-state index in [4.69, 9.17) is 5.73 Å². The lowest BCUT2D eigenvalue weighted by Gasteiger charge is -2.08. The minimum Gasteiger partial charge on any atom is -0.320 e. The number of carbonyl (C=O) groups excluding carboxylic acids is 1. The van der Waals surface area contributed by atoms with Crippen molar-refractivity contribution in [2.45, 2.75) is 13.8 Å². The van der Waals surface area contributed by atoms with Gasteiger partial charge >= 0.3 is 0 Å². The number of carbonyl (C=O) groups is 1. The normalized spacial score (nSPS) is 9.90. The summed E-state index contributed by atoms with van der Waals surface area (Å²) in [6.07, 6.45) is 0. The van der Waals surface area contributed by atoms with E-state index < -0.39 is 0 Å². The highest BCUT2D eigenvalue weighted by Crippen LogP contribution is 2.14. The van der Waals surface area contributed by atoms with Crippen LogP contribution < -0.4 is 11.1 Å². The van der Waals surface area contributed by atoms with E-state index in [2.05, 4.69) is 22.3 Å².